The zero-order chi connectivity index (χ0) is 14.1. The van der Waals surface area contributed by atoms with Crippen molar-refractivity contribution < 1.29 is 4.74 Å². The molecular weight excluding hydrogens is 252 g/mol. The van der Waals surface area contributed by atoms with Gasteiger partial charge in [0.05, 0.1) is 18.4 Å². The van der Waals surface area contributed by atoms with E-state index in [4.69, 9.17) is 4.74 Å². The Morgan fingerprint density at radius 3 is 3.00 bits per heavy atom. The van der Waals surface area contributed by atoms with Crippen molar-refractivity contribution in [1.82, 2.24) is 20.0 Å². The molecule has 112 valence electrons. The molecule has 0 saturated carbocycles. The summed E-state index contributed by atoms with van der Waals surface area (Å²) in [5.74, 6) is 0. The number of fused-ring (bicyclic) bond motifs is 1. The maximum Gasteiger partial charge on any atom is 0.0827 e. The second kappa shape index (κ2) is 5.84. The third-order valence-electron chi connectivity index (χ3n) is 4.79. The van der Waals surface area contributed by atoms with Gasteiger partial charge in [0.2, 0.25) is 0 Å². The molecule has 0 spiro atoms. The summed E-state index contributed by atoms with van der Waals surface area (Å²) in [4.78, 5) is 2.59. The second-order valence-corrected chi connectivity index (χ2v) is 6.15. The molecule has 2 aliphatic rings. The molecule has 2 saturated heterocycles. The molecule has 2 fully saturated rings. The molecule has 0 amide bonds. The highest BCUT2D eigenvalue weighted by Gasteiger charge is 2.31. The zero-order valence-electron chi connectivity index (χ0n) is 12.9. The Labute approximate surface area is 121 Å². The summed E-state index contributed by atoms with van der Waals surface area (Å²) in [6.45, 7) is 9.27. The molecule has 5 heteroatoms. The Kier molecular flexibility index (Phi) is 4.10. The molecule has 3 heterocycles. The van der Waals surface area contributed by atoms with Crippen molar-refractivity contribution in [2.24, 2.45) is 7.05 Å². The minimum absolute atomic E-state index is 0.335. The van der Waals surface area contributed by atoms with Crippen LogP contribution in [0.1, 0.15) is 29.8 Å². The van der Waals surface area contributed by atoms with E-state index >= 15 is 0 Å². The Balaban J connectivity index is 1.48. The lowest BCUT2D eigenvalue weighted by Gasteiger charge is -2.35. The van der Waals surface area contributed by atoms with E-state index in [1.165, 1.54) is 30.6 Å². The zero-order valence-corrected chi connectivity index (χ0v) is 12.9. The van der Waals surface area contributed by atoms with Crippen molar-refractivity contribution in [2.45, 2.75) is 45.4 Å². The fourth-order valence-electron chi connectivity index (χ4n) is 3.44. The number of nitrogens with zero attached hydrogens (tertiary/aromatic N) is 3. The minimum Gasteiger partial charge on any atom is -0.374 e. The van der Waals surface area contributed by atoms with Crippen LogP contribution in [0.15, 0.2) is 0 Å². The lowest BCUT2D eigenvalue weighted by atomic mass is 10.1. The van der Waals surface area contributed by atoms with Crippen LogP contribution in [0.3, 0.4) is 0 Å². The van der Waals surface area contributed by atoms with Crippen molar-refractivity contribution in [3.05, 3.63) is 17.0 Å². The van der Waals surface area contributed by atoms with E-state index in [1.807, 2.05) is 11.7 Å². The predicted octanol–water partition coefficient (Wildman–Crippen LogP) is 0.990. The molecule has 0 radical (unpaired) electrons. The van der Waals surface area contributed by atoms with Gasteiger partial charge < -0.3 is 10.1 Å². The maximum absolute atomic E-state index is 5.97. The monoisotopic (exact) mass is 278 g/mol. The van der Waals surface area contributed by atoms with Crippen molar-refractivity contribution in [3.63, 3.8) is 0 Å². The Morgan fingerprint density at radius 2 is 2.25 bits per heavy atom. The molecule has 2 aliphatic heterocycles. The van der Waals surface area contributed by atoms with Crippen LogP contribution in [-0.4, -0.2) is 53.1 Å². The quantitative estimate of drug-likeness (QED) is 0.892. The minimum atomic E-state index is 0.335. The number of hydrogen-bond donors (Lipinski definition) is 1. The van der Waals surface area contributed by atoms with Gasteiger partial charge in [-0.2, -0.15) is 5.10 Å². The van der Waals surface area contributed by atoms with Crippen molar-refractivity contribution in [2.75, 3.05) is 26.2 Å². The molecule has 0 aromatic carbocycles. The molecule has 1 aromatic rings. The number of ether oxygens (including phenoxy) is 1. The molecule has 1 aromatic heterocycles. The first-order chi connectivity index (χ1) is 9.65. The summed E-state index contributed by atoms with van der Waals surface area (Å²) in [7, 11) is 2.00. The van der Waals surface area contributed by atoms with Crippen LogP contribution in [0.2, 0.25) is 0 Å². The molecule has 0 aliphatic carbocycles. The largest absolute Gasteiger partial charge is 0.374 e. The normalized spacial score (nSPS) is 26.9. The van der Waals surface area contributed by atoms with Crippen LogP contribution in [0, 0.1) is 13.8 Å². The fourth-order valence-corrected chi connectivity index (χ4v) is 3.44. The number of rotatable bonds is 4. The average Bonchev–Trinajstić information content (AvgIpc) is 2.98. The molecule has 0 bridgehead atoms. The van der Waals surface area contributed by atoms with Crippen LogP contribution in [0.5, 0.6) is 0 Å². The van der Waals surface area contributed by atoms with E-state index in [2.05, 4.69) is 29.2 Å². The lowest BCUT2D eigenvalue weighted by Crippen LogP contribution is -2.49. The van der Waals surface area contributed by atoms with Gasteiger partial charge in [-0.15, -0.1) is 0 Å². The van der Waals surface area contributed by atoms with Crippen molar-refractivity contribution in [1.29, 1.82) is 0 Å². The van der Waals surface area contributed by atoms with Gasteiger partial charge in [-0.3, -0.25) is 9.58 Å². The molecule has 5 nitrogen and oxygen atoms in total. The summed E-state index contributed by atoms with van der Waals surface area (Å²) in [6, 6.07) is 0.689. The first-order valence-corrected chi connectivity index (χ1v) is 7.70. The van der Waals surface area contributed by atoms with Crippen molar-refractivity contribution in [3.8, 4) is 0 Å². The number of morpholine rings is 1. The smallest absolute Gasteiger partial charge is 0.0827 e. The van der Waals surface area contributed by atoms with E-state index in [0.717, 1.165) is 31.9 Å². The lowest BCUT2D eigenvalue weighted by molar-refractivity contribution is -0.0470. The number of aromatic nitrogens is 2. The Morgan fingerprint density at radius 1 is 1.40 bits per heavy atom. The molecular formula is C15H26N4O. The Hall–Kier alpha value is -0.910. The molecule has 2 unspecified atom stereocenters. The fraction of sp³-hybridized carbons (Fsp3) is 0.800. The molecule has 20 heavy (non-hydrogen) atoms. The van der Waals surface area contributed by atoms with Gasteiger partial charge in [-0.1, -0.05) is 0 Å². The summed E-state index contributed by atoms with van der Waals surface area (Å²) in [5, 5.41) is 8.00. The average molecular weight is 278 g/mol. The summed E-state index contributed by atoms with van der Waals surface area (Å²) in [5.41, 5.74) is 3.70. The van der Waals surface area contributed by atoms with Crippen LogP contribution >= 0.6 is 0 Å². The van der Waals surface area contributed by atoms with Gasteiger partial charge in [0.25, 0.3) is 0 Å². The predicted molar refractivity (Wildman–Crippen MR) is 78.7 cm³/mol. The second-order valence-electron chi connectivity index (χ2n) is 6.15. The highest BCUT2D eigenvalue weighted by molar-refractivity contribution is 5.23. The highest BCUT2D eigenvalue weighted by atomic mass is 16.5. The SMILES string of the molecule is Cc1nn(C)c(C)c1CNCC1CN2CCCC2CO1. The van der Waals surface area contributed by atoms with Gasteiger partial charge in [0.1, 0.15) is 0 Å². The van der Waals surface area contributed by atoms with E-state index in [1.54, 1.807) is 0 Å². The molecule has 1 N–H and O–H groups in total. The first kappa shape index (κ1) is 14.0. The first-order valence-electron chi connectivity index (χ1n) is 7.70. The summed E-state index contributed by atoms with van der Waals surface area (Å²) < 4.78 is 7.93. The van der Waals surface area contributed by atoms with Gasteiger partial charge in [-0.25, -0.2) is 0 Å². The highest BCUT2D eigenvalue weighted by Crippen LogP contribution is 2.22. The van der Waals surface area contributed by atoms with E-state index in [-0.39, 0.29) is 0 Å². The van der Waals surface area contributed by atoms with Crippen LogP contribution < -0.4 is 5.32 Å². The molecule has 2 atom stereocenters. The van der Waals surface area contributed by atoms with Crippen LogP contribution in [0.4, 0.5) is 0 Å². The van der Waals surface area contributed by atoms with Gasteiger partial charge in [0.15, 0.2) is 0 Å². The Bertz CT molecular complexity index is 471. The number of hydrogen-bond acceptors (Lipinski definition) is 4. The van der Waals surface area contributed by atoms with Crippen LogP contribution in [0.25, 0.3) is 0 Å². The van der Waals surface area contributed by atoms with Gasteiger partial charge in [0, 0.05) is 44.0 Å². The summed E-state index contributed by atoms with van der Waals surface area (Å²) >= 11 is 0. The number of nitrogens with one attached hydrogen (secondary N) is 1. The van der Waals surface area contributed by atoms with E-state index < -0.39 is 0 Å². The van der Waals surface area contributed by atoms with E-state index in [0.29, 0.717) is 12.1 Å². The van der Waals surface area contributed by atoms with Crippen LogP contribution in [-0.2, 0) is 18.3 Å². The molecule has 3 rings (SSSR count). The summed E-state index contributed by atoms with van der Waals surface area (Å²) in [6.07, 6.45) is 2.98. The standard InChI is InChI=1S/C15H26N4O/c1-11-15(12(2)18(3)17-11)8-16-7-14-9-19-6-4-5-13(19)10-20-14/h13-14,16H,4-10H2,1-3H3. The third kappa shape index (κ3) is 2.75. The van der Waals surface area contributed by atoms with Gasteiger partial charge in [-0.05, 0) is 33.2 Å². The van der Waals surface area contributed by atoms with Crippen molar-refractivity contribution >= 4 is 0 Å². The van der Waals surface area contributed by atoms with Gasteiger partial charge >= 0.3 is 0 Å². The maximum atomic E-state index is 5.97. The third-order valence-corrected chi connectivity index (χ3v) is 4.79. The number of aryl methyl sites for hydroxylation is 2. The van der Waals surface area contributed by atoms with E-state index in [9.17, 15) is 0 Å². The topological polar surface area (TPSA) is 42.3 Å².